The highest BCUT2D eigenvalue weighted by Crippen LogP contribution is 2.12. The van der Waals surface area contributed by atoms with Gasteiger partial charge in [0, 0.05) is 12.6 Å². The molecular formula is C8H9N4O+. The molecule has 0 aromatic heterocycles. The van der Waals surface area contributed by atoms with Gasteiger partial charge in [-0.1, -0.05) is 0 Å². The van der Waals surface area contributed by atoms with Crippen molar-refractivity contribution < 1.29 is 4.79 Å². The van der Waals surface area contributed by atoms with Gasteiger partial charge in [0.05, 0.1) is 0 Å². The lowest BCUT2D eigenvalue weighted by Crippen LogP contribution is -2.05. The fraction of sp³-hybridized carbons (Fsp3) is 0.125. The van der Waals surface area contributed by atoms with Crippen molar-refractivity contribution >= 4 is 17.3 Å². The first kappa shape index (κ1) is 9.00. The van der Waals surface area contributed by atoms with Crippen LogP contribution in [0.15, 0.2) is 24.3 Å². The second kappa shape index (κ2) is 4.07. The molecule has 5 heteroatoms. The predicted octanol–water partition coefficient (Wildman–Crippen LogP) is 1.82. The number of hydrogen-bond donors (Lipinski definition) is 2. The number of nitrogens with one attached hydrogen (secondary N) is 2. The number of hydrogen-bond acceptors (Lipinski definition) is 3. The minimum Gasteiger partial charge on any atom is -0.326 e. The van der Waals surface area contributed by atoms with E-state index in [-0.39, 0.29) is 5.91 Å². The quantitative estimate of drug-likeness (QED) is 0.534. The van der Waals surface area contributed by atoms with Crippen molar-refractivity contribution in [3.05, 3.63) is 29.4 Å². The largest absolute Gasteiger partial charge is 0.326 e. The van der Waals surface area contributed by atoms with Gasteiger partial charge in [-0.3, -0.25) is 4.79 Å². The highest BCUT2D eigenvalue weighted by atomic mass is 16.1. The van der Waals surface area contributed by atoms with Gasteiger partial charge in [-0.2, -0.15) is 0 Å². The molecule has 66 valence electrons. The molecule has 0 atom stereocenters. The first-order chi connectivity index (χ1) is 6.22. The number of carbonyl (C=O) groups is 1. The number of carbonyl (C=O) groups excluding carboxylic acids is 1. The van der Waals surface area contributed by atoms with Crippen LogP contribution in [-0.4, -0.2) is 5.91 Å². The van der Waals surface area contributed by atoms with Crippen LogP contribution in [0, 0.1) is 5.39 Å². The Morgan fingerprint density at radius 1 is 1.31 bits per heavy atom. The van der Waals surface area contributed by atoms with Gasteiger partial charge in [-0.05, 0) is 29.7 Å². The molecule has 1 amide bonds. The highest BCUT2D eigenvalue weighted by Gasteiger charge is 1.98. The minimum absolute atomic E-state index is 0.118. The Labute approximate surface area is 75.4 Å². The fourth-order valence-electron chi connectivity index (χ4n) is 0.889. The van der Waals surface area contributed by atoms with Gasteiger partial charge >= 0.3 is 5.08 Å². The Morgan fingerprint density at radius 2 is 1.85 bits per heavy atom. The van der Waals surface area contributed by atoms with E-state index in [0.717, 1.165) is 0 Å². The summed E-state index contributed by atoms with van der Waals surface area (Å²) in [6.07, 6.45) is 0. The van der Waals surface area contributed by atoms with Crippen molar-refractivity contribution in [2.75, 3.05) is 10.7 Å². The monoisotopic (exact) mass is 177 g/mol. The molecule has 0 bridgehead atoms. The summed E-state index contributed by atoms with van der Waals surface area (Å²) < 4.78 is 0. The molecule has 1 aromatic carbocycles. The van der Waals surface area contributed by atoms with E-state index in [9.17, 15) is 4.79 Å². The van der Waals surface area contributed by atoms with Gasteiger partial charge < -0.3 is 5.32 Å². The van der Waals surface area contributed by atoms with E-state index in [2.05, 4.69) is 15.8 Å². The second-order valence-electron chi connectivity index (χ2n) is 2.47. The van der Waals surface area contributed by atoms with Crippen molar-refractivity contribution in [1.29, 1.82) is 5.39 Å². The first-order valence-corrected chi connectivity index (χ1v) is 3.70. The Balaban J connectivity index is 2.70. The number of anilines is 2. The minimum atomic E-state index is -0.118. The summed E-state index contributed by atoms with van der Waals surface area (Å²) in [4.78, 5) is 10.6. The van der Waals surface area contributed by atoms with Crippen molar-refractivity contribution in [3.8, 4) is 0 Å². The number of rotatable bonds is 2. The molecule has 1 rings (SSSR count). The van der Waals surface area contributed by atoms with Gasteiger partial charge in [0.15, 0.2) is 0 Å². The van der Waals surface area contributed by atoms with Crippen LogP contribution < -0.4 is 10.7 Å². The Hall–Kier alpha value is -2.09. The first-order valence-electron chi connectivity index (χ1n) is 3.70. The third-order valence-electron chi connectivity index (χ3n) is 1.38. The molecule has 0 aliphatic rings. The van der Waals surface area contributed by atoms with Gasteiger partial charge in [0.25, 0.3) is 5.39 Å². The second-order valence-corrected chi connectivity index (χ2v) is 2.47. The molecule has 0 radical (unpaired) electrons. The summed E-state index contributed by atoms with van der Waals surface area (Å²) in [7, 11) is 0. The molecule has 13 heavy (non-hydrogen) atoms. The van der Waals surface area contributed by atoms with E-state index in [1.54, 1.807) is 24.3 Å². The van der Waals surface area contributed by atoms with Crippen molar-refractivity contribution in [2.24, 2.45) is 0 Å². The summed E-state index contributed by atoms with van der Waals surface area (Å²) >= 11 is 0. The molecular weight excluding hydrogens is 168 g/mol. The Kier molecular flexibility index (Phi) is 2.82. The van der Waals surface area contributed by atoms with E-state index in [0.29, 0.717) is 11.4 Å². The summed E-state index contributed by atoms with van der Waals surface area (Å²) in [5.74, 6) is -0.118. The van der Waals surface area contributed by atoms with Gasteiger partial charge in [-0.15, -0.1) is 0 Å². The van der Waals surface area contributed by atoms with Crippen molar-refractivity contribution in [1.82, 2.24) is 0 Å². The van der Waals surface area contributed by atoms with Crippen LogP contribution in [0.5, 0.6) is 0 Å². The molecule has 0 saturated carbocycles. The van der Waals surface area contributed by atoms with Gasteiger partial charge in [0.1, 0.15) is 5.69 Å². The van der Waals surface area contributed by atoms with E-state index in [1.807, 2.05) is 0 Å². The Morgan fingerprint density at radius 3 is 2.31 bits per heavy atom. The smallest absolute Gasteiger partial charge is 0.308 e. The molecule has 0 fully saturated rings. The van der Waals surface area contributed by atoms with Gasteiger partial charge in [0.2, 0.25) is 5.91 Å². The number of amides is 1. The maximum Gasteiger partial charge on any atom is 0.308 e. The normalized spacial score (nSPS) is 8.62. The SMILES string of the molecule is CC(=O)Nc1ccc(N[N+]#N)cc1. The third-order valence-corrected chi connectivity index (χ3v) is 1.38. The lowest BCUT2D eigenvalue weighted by molar-refractivity contribution is -0.114. The summed E-state index contributed by atoms with van der Waals surface area (Å²) in [5, 5.41) is 13.6. The molecule has 0 heterocycles. The fourth-order valence-corrected chi connectivity index (χ4v) is 0.889. The van der Waals surface area contributed by atoms with Crippen molar-refractivity contribution in [2.45, 2.75) is 6.92 Å². The van der Waals surface area contributed by atoms with Crippen LogP contribution >= 0.6 is 0 Å². The van der Waals surface area contributed by atoms with Crippen LogP contribution in [0.4, 0.5) is 11.4 Å². The average Bonchev–Trinajstić information content (AvgIpc) is 2.08. The summed E-state index contributed by atoms with van der Waals surface area (Å²) in [6, 6.07) is 6.78. The van der Waals surface area contributed by atoms with Gasteiger partial charge in [-0.25, -0.2) is 0 Å². The third kappa shape index (κ3) is 2.79. The van der Waals surface area contributed by atoms with E-state index >= 15 is 0 Å². The summed E-state index contributed by atoms with van der Waals surface area (Å²) in [6.45, 7) is 1.44. The zero-order valence-electron chi connectivity index (χ0n) is 7.11. The van der Waals surface area contributed by atoms with Crippen LogP contribution in [0.1, 0.15) is 6.92 Å². The topological polar surface area (TPSA) is 69.3 Å². The molecule has 0 aliphatic carbocycles. The molecule has 5 nitrogen and oxygen atoms in total. The van der Waals surface area contributed by atoms with Crippen molar-refractivity contribution in [3.63, 3.8) is 0 Å². The predicted molar refractivity (Wildman–Crippen MR) is 49.5 cm³/mol. The molecule has 0 unspecified atom stereocenters. The van der Waals surface area contributed by atoms with E-state index < -0.39 is 0 Å². The molecule has 0 aliphatic heterocycles. The van der Waals surface area contributed by atoms with E-state index in [1.165, 1.54) is 6.92 Å². The standard InChI is InChI=1S/C8H8N4O/c1-6(13)10-7-2-4-8(5-3-7)11-12-9/h2-5,9H,1H3/p+1. The lowest BCUT2D eigenvalue weighted by atomic mass is 10.3. The van der Waals surface area contributed by atoms with Crippen LogP contribution in [-0.2, 0) is 4.79 Å². The number of nitrogens with zero attached hydrogens (tertiary/aromatic N) is 2. The molecule has 1 aromatic rings. The molecule has 0 spiro atoms. The van der Waals surface area contributed by atoms with Crippen LogP contribution in [0.3, 0.4) is 0 Å². The lowest BCUT2D eigenvalue weighted by Gasteiger charge is -1.99. The zero-order valence-corrected chi connectivity index (χ0v) is 7.11. The average molecular weight is 177 g/mol. The zero-order chi connectivity index (χ0) is 9.68. The maximum absolute atomic E-state index is 10.6. The number of benzene rings is 1. The van der Waals surface area contributed by atoms with Crippen LogP contribution in [0.2, 0.25) is 0 Å². The Bertz CT molecular complexity index is 338. The summed E-state index contributed by atoms with van der Waals surface area (Å²) in [5.41, 5.74) is 3.71. The number of diazo groups is 1. The van der Waals surface area contributed by atoms with Crippen LogP contribution in [0.25, 0.3) is 5.08 Å². The van der Waals surface area contributed by atoms with E-state index in [4.69, 9.17) is 5.39 Å². The highest BCUT2D eigenvalue weighted by molar-refractivity contribution is 5.88. The molecule has 2 N–H and O–H groups in total. The molecule has 0 saturated heterocycles. The maximum atomic E-state index is 10.6.